The second-order valence-corrected chi connectivity index (χ2v) is 7.31. The van der Waals surface area contributed by atoms with Gasteiger partial charge in [-0.1, -0.05) is 83.6 Å². The van der Waals surface area contributed by atoms with Gasteiger partial charge in [-0.25, -0.2) is 4.68 Å². The van der Waals surface area contributed by atoms with Crippen LogP contribution >= 0.6 is 0 Å². The Labute approximate surface area is 181 Å². The number of aryl methyl sites for hydroxylation is 1. The van der Waals surface area contributed by atoms with E-state index in [2.05, 4.69) is 41.5 Å². The van der Waals surface area contributed by atoms with Gasteiger partial charge in [0, 0.05) is 5.56 Å². The number of allylic oxidation sites excluding steroid dienone is 1. The molecule has 4 aromatic rings. The average molecular weight is 409 g/mol. The number of ketones is 1. The molecule has 0 aliphatic heterocycles. The number of ether oxygens (including phenoxy) is 1. The van der Waals surface area contributed by atoms with Gasteiger partial charge in [-0.05, 0) is 36.3 Å². The second kappa shape index (κ2) is 9.67. The largest absolute Gasteiger partial charge is 0.487 e. The molecule has 0 atom stereocenters. The minimum absolute atomic E-state index is 0.0188. The zero-order chi connectivity index (χ0) is 21.5. The molecule has 5 heteroatoms. The van der Waals surface area contributed by atoms with E-state index in [-0.39, 0.29) is 5.78 Å². The standard InChI is InChI=1S/C26H23N3O2/c1-20-7-9-22(10-8-20)17-29-18-24(27-28-29)19-31-25-14-11-21(12-15-25)13-16-26(30)23-5-3-2-4-6-23/h2-16,18H,17,19H2,1H3. The Morgan fingerprint density at radius 1 is 0.968 bits per heavy atom. The molecule has 0 aliphatic rings. The lowest BCUT2D eigenvalue weighted by molar-refractivity contribution is 0.104. The van der Waals surface area contributed by atoms with E-state index < -0.39 is 0 Å². The van der Waals surface area contributed by atoms with E-state index >= 15 is 0 Å². The zero-order valence-corrected chi connectivity index (χ0v) is 17.3. The average Bonchev–Trinajstić information content (AvgIpc) is 3.26. The highest BCUT2D eigenvalue weighted by Gasteiger charge is 2.04. The SMILES string of the molecule is Cc1ccc(Cn2cc(COc3ccc(C=CC(=O)c4ccccc4)cc3)nn2)cc1. The topological polar surface area (TPSA) is 57.0 Å². The first-order valence-electron chi connectivity index (χ1n) is 10.1. The molecule has 31 heavy (non-hydrogen) atoms. The number of benzene rings is 3. The summed E-state index contributed by atoms with van der Waals surface area (Å²) in [6.45, 7) is 3.09. The van der Waals surface area contributed by atoms with E-state index in [4.69, 9.17) is 4.74 Å². The molecule has 0 spiro atoms. The van der Waals surface area contributed by atoms with Crippen molar-refractivity contribution < 1.29 is 9.53 Å². The van der Waals surface area contributed by atoms with Gasteiger partial charge >= 0.3 is 0 Å². The Balaban J connectivity index is 1.29. The van der Waals surface area contributed by atoms with Crippen LogP contribution in [0.4, 0.5) is 0 Å². The summed E-state index contributed by atoms with van der Waals surface area (Å²) in [4.78, 5) is 12.2. The molecular weight excluding hydrogens is 386 g/mol. The van der Waals surface area contributed by atoms with Crippen LogP contribution in [-0.4, -0.2) is 20.8 Å². The third kappa shape index (κ3) is 5.76. The summed E-state index contributed by atoms with van der Waals surface area (Å²) < 4.78 is 7.62. The maximum absolute atomic E-state index is 12.2. The maximum Gasteiger partial charge on any atom is 0.185 e. The number of carbonyl (C=O) groups excluding carboxylic acids is 1. The van der Waals surface area contributed by atoms with Gasteiger partial charge in [-0.2, -0.15) is 0 Å². The Morgan fingerprint density at radius 2 is 1.71 bits per heavy atom. The van der Waals surface area contributed by atoms with Gasteiger partial charge in [0.25, 0.3) is 0 Å². The van der Waals surface area contributed by atoms with Gasteiger partial charge in [0.05, 0.1) is 12.7 Å². The van der Waals surface area contributed by atoms with E-state index in [1.165, 1.54) is 11.1 Å². The fraction of sp³-hybridized carbons (Fsp3) is 0.115. The third-order valence-electron chi connectivity index (χ3n) is 4.80. The Kier molecular flexibility index (Phi) is 6.33. The van der Waals surface area contributed by atoms with Crippen LogP contribution in [0.2, 0.25) is 0 Å². The number of aromatic nitrogens is 3. The molecule has 0 radical (unpaired) electrons. The quantitative estimate of drug-likeness (QED) is 0.300. The minimum Gasteiger partial charge on any atom is -0.487 e. The molecule has 0 fully saturated rings. The van der Waals surface area contributed by atoms with Crippen LogP contribution < -0.4 is 4.74 Å². The van der Waals surface area contributed by atoms with Crippen molar-refractivity contribution in [3.05, 3.63) is 119 Å². The van der Waals surface area contributed by atoms with Crippen molar-refractivity contribution in [3.63, 3.8) is 0 Å². The van der Waals surface area contributed by atoms with Gasteiger partial charge in [0.2, 0.25) is 0 Å². The van der Waals surface area contributed by atoms with Gasteiger partial charge in [-0.3, -0.25) is 4.79 Å². The lowest BCUT2D eigenvalue weighted by atomic mass is 10.1. The lowest BCUT2D eigenvalue weighted by Crippen LogP contribution is -2.00. The minimum atomic E-state index is -0.0188. The van der Waals surface area contributed by atoms with Crippen LogP contribution in [0, 0.1) is 6.92 Å². The first-order valence-corrected chi connectivity index (χ1v) is 10.1. The number of carbonyl (C=O) groups is 1. The summed E-state index contributed by atoms with van der Waals surface area (Å²) in [6.07, 6.45) is 5.28. The normalized spacial score (nSPS) is 11.0. The number of rotatable bonds is 8. The smallest absolute Gasteiger partial charge is 0.185 e. The fourth-order valence-electron chi connectivity index (χ4n) is 3.07. The van der Waals surface area contributed by atoms with Crippen LogP contribution in [0.5, 0.6) is 5.75 Å². The van der Waals surface area contributed by atoms with Crippen LogP contribution in [0.1, 0.15) is 32.7 Å². The molecule has 4 rings (SSSR count). The van der Waals surface area contributed by atoms with Crippen molar-refractivity contribution in [2.24, 2.45) is 0 Å². The highest BCUT2D eigenvalue weighted by Crippen LogP contribution is 2.15. The van der Waals surface area contributed by atoms with Gasteiger partial charge < -0.3 is 4.74 Å². The van der Waals surface area contributed by atoms with E-state index in [1.807, 2.05) is 48.7 Å². The van der Waals surface area contributed by atoms with Gasteiger partial charge in [0.15, 0.2) is 5.78 Å². The van der Waals surface area contributed by atoms with Crippen molar-refractivity contribution in [1.82, 2.24) is 15.0 Å². The van der Waals surface area contributed by atoms with E-state index in [0.29, 0.717) is 18.7 Å². The summed E-state index contributed by atoms with van der Waals surface area (Å²) in [5, 5.41) is 8.35. The summed E-state index contributed by atoms with van der Waals surface area (Å²) in [5.41, 5.74) is 4.79. The summed E-state index contributed by atoms with van der Waals surface area (Å²) >= 11 is 0. The molecule has 0 amide bonds. The summed E-state index contributed by atoms with van der Waals surface area (Å²) in [5.74, 6) is 0.717. The Bertz CT molecular complexity index is 1160. The highest BCUT2D eigenvalue weighted by atomic mass is 16.5. The van der Waals surface area contributed by atoms with Crippen molar-refractivity contribution >= 4 is 11.9 Å². The molecule has 3 aromatic carbocycles. The van der Waals surface area contributed by atoms with Crippen LogP contribution in [-0.2, 0) is 13.2 Å². The van der Waals surface area contributed by atoms with Crippen LogP contribution in [0.3, 0.4) is 0 Å². The van der Waals surface area contributed by atoms with Gasteiger partial charge in [-0.15, -0.1) is 5.10 Å². The predicted octanol–water partition coefficient (Wildman–Crippen LogP) is 5.11. The summed E-state index contributed by atoms with van der Waals surface area (Å²) in [6, 6.07) is 25.2. The first kappa shape index (κ1) is 20.3. The van der Waals surface area contributed by atoms with Crippen molar-refractivity contribution in [3.8, 4) is 5.75 Å². The molecular formula is C26H23N3O2. The molecule has 0 bridgehead atoms. The lowest BCUT2D eigenvalue weighted by Gasteiger charge is -2.04. The van der Waals surface area contributed by atoms with Crippen LogP contribution in [0.15, 0.2) is 91.1 Å². The van der Waals surface area contributed by atoms with E-state index in [9.17, 15) is 4.79 Å². The predicted molar refractivity (Wildman–Crippen MR) is 121 cm³/mol. The Morgan fingerprint density at radius 3 is 2.45 bits per heavy atom. The Hall–Kier alpha value is -3.99. The molecule has 1 aromatic heterocycles. The number of nitrogens with zero attached hydrogens (tertiary/aromatic N) is 3. The fourth-order valence-corrected chi connectivity index (χ4v) is 3.07. The molecule has 0 saturated heterocycles. The van der Waals surface area contributed by atoms with Crippen LogP contribution in [0.25, 0.3) is 6.08 Å². The van der Waals surface area contributed by atoms with Crippen molar-refractivity contribution in [2.45, 2.75) is 20.1 Å². The van der Waals surface area contributed by atoms with Gasteiger partial charge in [0.1, 0.15) is 18.1 Å². The highest BCUT2D eigenvalue weighted by molar-refractivity contribution is 6.06. The monoisotopic (exact) mass is 409 g/mol. The second-order valence-electron chi connectivity index (χ2n) is 7.31. The van der Waals surface area contributed by atoms with E-state index in [0.717, 1.165) is 17.0 Å². The number of hydrogen-bond donors (Lipinski definition) is 0. The first-order chi connectivity index (χ1) is 15.2. The van der Waals surface area contributed by atoms with E-state index in [1.54, 1.807) is 29.0 Å². The molecule has 154 valence electrons. The molecule has 5 nitrogen and oxygen atoms in total. The molecule has 1 heterocycles. The van der Waals surface area contributed by atoms with Crippen molar-refractivity contribution in [1.29, 1.82) is 0 Å². The molecule has 0 unspecified atom stereocenters. The third-order valence-corrected chi connectivity index (χ3v) is 4.80. The molecule has 0 saturated carbocycles. The maximum atomic E-state index is 12.2. The zero-order valence-electron chi connectivity index (χ0n) is 17.3. The number of hydrogen-bond acceptors (Lipinski definition) is 4. The summed E-state index contributed by atoms with van der Waals surface area (Å²) in [7, 11) is 0. The molecule has 0 aliphatic carbocycles. The molecule has 0 N–H and O–H groups in total. The van der Waals surface area contributed by atoms with Crippen molar-refractivity contribution in [2.75, 3.05) is 0 Å².